The average Bonchev–Trinajstić information content (AvgIpc) is 3.07. The molecule has 0 atom stereocenters. The SMILES string of the molecule is COC[PH](c1ccccc1)(c1ccccc1)c1ccccc1.OB(O)Oc1cccc2ccc3cc4ccccc4cc3c12. The Morgan fingerprint density at radius 2 is 1.00 bits per heavy atom. The van der Waals surface area contributed by atoms with Crippen molar-refractivity contribution in [2.75, 3.05) is 13.5 Å². The molecule has 7 aromatic carbocycles. The Morgan fingerprint density at radius 3 is 1.52 bits per heavy atom. The maximum atomic E-state index is 9.14. The van der Waals surface area contributed by atoms with Crippen molar-refractivity contribution in [2.24, 2.45) is 0 Å². The molecule has 0 aliphatic rings. The first-order valence-corrected chi connectivity index (χ1v) is 16.8. The first-order chi connectivity index (χ1) is 21.6. The van der Waals surface area contributed by atoms with Crippen LogP contribution in [0.3, 0.4) is 0 Å². The zero-order valence-electron chi connectivity index (χ0n) is 24.5. The summed E-state index contributed by atoms with van der Waals surface area (Å²) in [5, 5.41) is 28.8. The molecular formula is C38H34BO4P. The van der Waals surface area contributed by atoms with Gasteiger partial charge in [-0.3, -0.25) is 0 Å². The molecule has 0 unspecified atom stereocenters. The minimum absolute atomic E-state index is 0.466. The van der Waals surface area contributed by atoms with E-state index in [0.717, 1.165) is 33.3 Å². The molecule has 0 heterocycles. The van der Waals surface area contributed by atoms with E-state index in [0.29, 0.717) is 5.75 Å². The van der Waals surface area contributed by atoms with E-state index in [9.17, 15) is 0 Å². The molecule has 6 heteroatoms. The van der Waals surface area contributed by atoms with Crippen LogP contribution in [0, 0.1) is 0 Å². The van der Waals surface area contributed by atoms with Gasteiger partial charge in [0.25, 0.3) is 0 Å². The van der Waals surface area contributed by atoms with E-state index in [1.54, 1.807) is 13.2 Å². The van der Waals surface area contributed by atoms with Gasteiger partial charge < -0.3 is 14.7 Å². The summed E-state index contributed by atoms with van der Waals surface area (Å²) in [5.74, 6) is 0.466. The maximum Gasteiger partial charge on any atom is 0.707 e. The molecule has 0 aliphatic heterocycles. The summed E-state index contributed by atoms with van der Waals surface area (Å²) in [6.45, 7) is 0. The normalized spacial score (nSPS) is 11.6. The van der Waals surface area contributed by atoms with Crippen molar-refractivity contribution in [1.82, 2.24) is 0 Å². The monoisotopic (exact) mass is 596 g/mol. The minimum Gasteiger partial charge on any atom is -0.511 e. The summed E-state index contributed by atoms with van der Waals surface area (Å²) >= 11 is 0. The molecule has 7 aromatic rings. The number of methoxy groups -OCH3 is 1. The molecule has 2 N–H and O–H groups in total. The molecule has 0 radical (unpaired) electrons. The first kappa shape index (κ1) is 29.6. The fourth-order valence-electron chi connectivity index (χ4n) is 6.11. The van der Waals surface area contributed by atoms with Crippen molar-refractivity contribution >= 4 is 62.8 Å². The zero-order valence-corrected chi connectivity index (χ0v) is 25.5. The van der Waals surface area contributed by atoms with Gasteiger partial charge in [-0.05, 0) is 45.1 Å². The van der Waals surface area contributed by atoms with Crippen LogP contribution in [-0.2, 0) is 4.74 Å². The summed E-state index contributed by atoms with van der Waals surface area (Å²) in [7, 11) is -2.18. The van der Waals surface area contributed by atoms with E-state index in [1.165, 1.54) is 21.3 Å². The number of fused-ring (bicyclic) bond motifs is 4. The van der Waals surface area contributed by atoms with Crippen molar-refractivity contribution in [2.45, 2.75) is 0 Å². The second-order valence-electron chi connectivity index (χ2n) is 10.7. The molecule has 4 nitrogen and oxygen atoms in total. The van der Waals surface area contributed by atoms with Crippen LogP contribution in [0.1, 0.15) is 0 Å². The largest absolute Gasteiger partial charge is 0.707 e. The van der Waals surface area contributed by atoms with Gasteiger partial charge in [0.15, 0.2) is 0 Å². The standard InChI is InChI=1S/C20H21OP.C18H13BO3/c1-21-17-22(18-11-5-2-6-12-18,19-13-7-3-8-14-19)20-15-9-4-10-16-20;20-19(21)22-17-7-3-6-12-8-9-15-10-13-4-1-2-5-14(13)11-16(15)18(12)17/h2-16,22H,17H2,1H3;1-11,20-21H. The fraction of sp³-hybridized carbons (Fsp3) is 0.0526. The van der Waals surface area contributed by atoms with Crippen molar-refractivity contribution in [1.29, 1.82) is 0 Å². The summed E-state index contributed by atoms with van der Waals surface area (Å²) in [6, 6.07) is 54.5. The van der Waals surface area contributed by atoms with Crippen molar-refractivity contribution < 1.29 is 19.4 Å². The molecule has 0 aliphatic carbocycles. The van der Waals surface area contributed by atoms with Gasteiger partial charge in [0.05, 0.1) is 0 Å². The molecule has 0 spiro atoms. The zero-order chi connectivity index (χ0) is 30.4. The van der Waals surface area contributed by atoms with Gasteiger partial charge >= 0.3 is 140 Å². The number of rotatable bonds is 7. The smallest absolute Gasteiger partial charge is 0.511 e. The molecule has 0 amide bonds. The summed E-state index contributed by atoms with van der Waals surface area (Å²) in [4.78, 5) is 0. The van der Waals surface area contributed by atoms with Crippen LogP contribution >= 0.6 is 7.26 Å². The van der Waals surface area contributed by atoms with Gasteiger partial charge in [-0.15, -0.1) is 0 Å². The predicted molar refractivity (Wildman–Crippen MR) is 188 cm³/mol. The Balaban J connectivity index is 0.000000156. The third kappa shape index (κ3) is 5.97. The van der Waals surface area contributed by atoms with E-state index in [2.05, 4.69) is 121 Å². The summed E-state index contributed by atoms with van der Waals surface area (Å²) in [5.41, 5.74) is 0. The third-order valence-electron chi connectivity index (χ3n) is 8.08. The van der Waals surface area contributed by atoms with Crippen LogP contribution in [0.15, 0.2) is 158 Å². The molecular weight excluding hydrogens is 562 g/mol. The van der Waals surface area contributed by atoms with Crippen LogP contribution < -0.4 is 20.6 Å². The minimum atomic E-state index is -2.15. The van der Waals surface area contributed by atoms with Crippen LogP contribution in [0.2, 0.25) is 0 Å². The molecule has 0 fully saturated rings. The van der Waals surface area contributed by atoms with Crippen LogP contribution in [-0.4, -0.2) is 30.8 Å². The molecule has 0 bridgehead atoms. The Kier molecular flexibility index (Phi) is 9.02. The van der Waals surface area contributed by atoms with Crippen molar-refractivity contribution in [3.05, 3.63) is 158 Å². The Labute approximate surface area is 258 Å². The van der Waals surface area contributed by atoms with E-state index in [4.69, 9.17) is 19.4 Å². The fourth-order valence-corrected chi connectivity index (χ4v) is 10.3. The van der Waals surface area contributed by atoms with Gasteiger partial charge in [-0.25, -0.2) is 0 Å². The second-order valence-corrected chi connectivity index (χ2v) is 14.6. The number of hydrogen-bond donors (Lipinski definition) is 2. The molecule has 7 rings (SSSR count). The Bertz CT molecular complexity index is 1890. The summed E-state index contributed by atoms with van der Waals surface area (Å²) in [6.07, 6.45) is 0.741. The van der Waals surface area contributed by atoms with Crippen LogP contribution in [0.25, 0.3) is 32.3 Å². The number of ether oxygens (including phenoxy) is 1. The van der Waals surface area contributed by atoms with Crippen molar-refractivity contribution in [3.8, 4) is 5.75 Å². The molecule has 0 aromatic heterocycles. The quantitative estimate of drug-likeness (QED) is 0.0919. The predicted octanol–water partition coefficient (Wildman–Crippen LogP) is 6.81. The van der Waals surface area contributed by atoms with Crippen LogP contribution in [0.5, 0.6) is 5.75 Å². The Morgan fingerprint density at radius 1 is 0.523 bits per heavy atom. The molecule has 218 valence electrons. The van der Waals surface area contributed by atoms with Gasteiger partial charge in [-0.2, -0.15) is 0 Å². The van der Waals surface area contributed by atoms with E-state index in [1.807, 2.05) is 30.3 Å². The first-order valence-electron chi connectivity index (χ1n) is 14.6. The number of hydrogen-bond acceptors (Lipinski definition) is 4. The average molecular weight is 596 g/mol. The summed E-state index contributed by atoms with van der Waals surface area (Å²) < 4.78 is 10.9. The third-order valence-corrected chi connectivity index (χ3v) is 12.8. The van der Waals surface area contributed by atoms with E-state index in [-0.39, 0.29) is 0 Å². The van der Waals surface area contributed by atoms with E-state index >= 15 is 0 Å². The van der Waals surface area contributed by atoms with Crippen molar-refractivity contribution in [3.63, 3.8) is 0 Å². The van der Waals surface area contributed by atoms with Gasteiger partial charge in [0.2, 0.25) is 0 Å². The Hall–Kier alpha value is -4.51. The van der Waals surface area contributed by atoms with Gasteiger partial charge in [0, 0.05) is 5.39 Å². The molecule has 44 heavy (non-hydrogen) atoms. The van der Waals surface area contributed by atoms with Gasteiger partial charge in [-0.1, -0.05) is 48.5 Å². The topological polar surface area (TPSA) is 58.9 Å². The number of benzene rings is 7. The second kappa shape index (κ2) is 13.4. The maximum absolute atomic E-state index is 9.14. The molecule has 0 saturated heterocycles. The molecule has 0 saturated carbocycles. The van der Waals surface area contributed by atoms with Gasteiger partial charge in [0.1, 0.15) is 5.75 Å². The van der Waals surface area contributed by atoms with Crippen LogP contribution in [0.4, 0.5) is 0 Å². The van der Waals surface area contributed by atoms with E-state index < -0.39 is 14.6 Å².